The summed E-state index contributed by atoms with van der Waals surface area (Å²) in [6.07, 6.45) is 3.08. The lowest BCUT2D eigenvalue weighted by Crippen LogP contribution is -2.53. The fourth-order valence-corrected chi connectivity index (χ4v) is 4.50. The van der Waals surface area contributed by atoms with Gasteiger partial charge in [-0.25, -0.2) is 0 Å². The zero-order valence-electron chi connectivity index (χ0n) is 9.59. The van der Waals surface area contributed by atoms with Crippen LogP contribution in [0.3, 0.4) is 0 Å². The third-order valence-corrected chi connectivity index (χ3v) is 4.83. The van der Waals surface area contributed by atoms with Gasteiger partial charge in [-0.1, -0.05) is 0 Å². The van der Waals surface area contributed by atoms with Gasteiger partial charge in [0.2, 0.25) is 0 Å². The molecule has 2 heterocycles. The Balaban J connectivity index is 2.09. The summed E-state index contributed by atoms with van der Waals surface area (Å²) >= 11 is 2.09. The standard InChI is InChI=1S/C11H21NOS/c1-8-5-11(6-9(2)13-8)12-10(3,4)7-14-11/h8-9,12H,5-7H2,1-4H3. The smallest absolute Gasteiger partial charge is 0.0699 e. The van der Waals surface area contributed by atoms with Gasteiger partial charge >= 0.3 is 0 Å². The quantitative estimate of drug-likeness (QED) is 0.670. The van der Waals surface area contributed by atoms with Crippen LogP contribution in [0.15, 0.2) is 0 Å². The van der Waals surface area contributed by atoms with E-state index in [0.29, 0.717) is 22.6 Å². The lowest BCUT2D eigenvalue weighted by molar-refractivity contribution is -0.0502. The number of hydrogen-bond donors (Lipinski definition) is 1. The molecule has 82 valence electrons. The SMILES string of the molecule is CC1CC2(CC(C)O1)NC(C)(C)CS2. The fraction of sp³-hybridized carbons (Fsp3) is 1.00. The van der Waals surface area contributed by atoms with Gasteiger partial charge in [-0.15, -0.1) is 11.8 Å². The van der Waals surface area contributed by atoms with Crippen LogP contribution in [-0.2, 0) is 4.74 Å². The molecule has 2 aliphatic heterocycles. The van der Waals surface area contributed by atoms with Crippen LogP contribution in [0.4, 0.5) is 0 Å². The van der Waals surface area contributed by atoms with Crippen molar-refractivity contribution in [1.29, 1.82) is 0 Å². The Morgan fingerprint density at radius 1 is 1.21 bits per heavy atom. The maximum Gasteiger partial charge on any atom is 0.0699 e. The fourth-order valence-electron chi connectivity index (χ4n) is 2.73. The lowest BCUT2D eigenvalue weighted by atomic mass is 9.96. The van der Waals surface area contributed by atoms with Crippen LogP contribution in [0.25, 0.3) is 0 Å². The van der Waals surface area contributed by atoms with E-state index in [2.05, 4.69) is 44.8 Å². The van der Waals surface area contributed by atoms with Gasteiger partial charge in [-0.3, -0.25) is 5.32 Å². The molecule has 1 spiro atoms. The molecule has 2 aliphatic rings. The third kappa shape index (κ3) is 2.10. The van der Waals surface area contributed by atoms with Crippen LogP contribution in [0.5, 0.6) is 0 Å². The van der Waals surface area contributed by atoms with Crippen molar-refractivity contribution >= 4 is 11.8 Å². The Morgan fingerprint density at radius 3 is 2.21 bits per heavy atom. The predicted molar refractivity (Wildman–Crippen MR) is 61.6 cm³/mol. The average Bonchev–Trinajstić information content (AvgIpc) is 2.23. The van der Waals surface area contributed by atoms with E-state index in [1.54, 1.807) is 0 Å². The van der Waals surface area contributed by atoms with Crippen molar-refractivity contribution in [3.63, 3.8) is 0 Å². The molecule has 2 saturated heterocycles. The summed E-state index contributed by atoms with van der Waals surface area (Å²) in [4.78, 5) is 0.292. The Morgan fingerprint density at radius 2 is 1.79 bits per heavy atom. The van der Waals surface area contributed by atoms with E-state index in [4.69, 9.17) is 4.74 Å². The van der Waals surface area contributed by atoms with Crippen LogP contribution in [0.2, 0.25) is 0 Å². The summed E-state index contributed by atoms with van der Waals surface area (Å²) in [6.45, 7) is 8.95. The summed E-state index contributed by atoms with van der Waals surface area (Å²) < 4.78 is 5.79. The number of ether oxygens (including phenoxy) is 1. The van der Waals surface area contributed by atoms with Crippen molar-refractivity contribution in [1.82, 2.24) is 5.32 Å². The molecule has 2 fully saturated rings. The molecule has 0 amide bonds. The Labute approximate surface area is 91.2 Å². The zero-order valence-corrected chi connectivity index (χ0v) is 10.4. The van der Waals surface area contributed by atoms with E-state index in [0.717, 1.165) is 12.8 Å². The molecule has 0 saturated carbocycles. The third-order valence-electron chi connectivity index (χ3n) is 2.97. The second kappa shape index (κ2) is 3.39. The first kappa shape index (κ1) is 10.8. The van der Waals surface area contributed by atoms with Gasteiger partial charge in [0.1, 0.15) is 0 Å². The van der Waals surface area contributed by atoms with Gasteiger partial charge in [0, 0.05) is 24.1 Å². The number of thioether (sulfide) groups is 1. The Bertz CT molecular complexity index is 219. The van der Waals surface area contributed by atoms with E-state index in [1.165, 1.54) is 5.75 Å². The molecule has 3 heteroatoms. The van der Waals surface area contributed by atoms with E-state index in [9.17, 15) is 0 Å². The van der Waals surface area contributed by atoms with E-state index in [-0.39, 0.29) is 0 Å². The van der Waals surface area contributed by atoms with Crippen molar-refractivity contribution in [2.24, 2.45) is 0 Å². The van der Waals surface area contributed by atoms with Crippen molar-refractivity contribution in [3.8, 4) is 0 Å². The van der Waals surface area contributed by atoms with Crippen LogP contribution >= 0.6 is 11.8 Å². The normalized spacial score (nSPS) is 47.1. The molecule has 0 bridgehead atoms. The molecule has 0 aromatic rings. The molecule has 1 N–H and O–H groups in total. The maximum atomic E-state index is 5.79. The van der Waals surface area contributed by atoms with Gasteiger partial charge < -0.3 is 4.74 Å². The van der Waals surface area contributed by atoms with Crippen molar-refractivity contribution in [3.05, 3.63) is 0 Å². The largest absolute Gasteiger partial charge is 0.375 e. The predicted octanol–water partition coefficient (Wildman–Crippen LogP) is 2.39. The minimum atomic E-state index is 0.292. The molecule has 0 aromatic heterocycles. The second-order valence-electron chi connectivity index (χ2n) is 5.46. The van der Waals surface area contributed by atoms with Crippen molar-refractivity contribution < 1.29 is 4.74 Å². The number of nitrogens with one attached hydrogen (secondary N) is 1. The average molecular weight is 215 g/mol. The molecular formula is C11H21NOS. The van der Waals surface area contributed by atoms with Crippen LogP contribution in [-0.4, -0.2) is 28.4 Å². The van der Waals surface area contributed by atoms with E-state index >= 15 is 0 Å². The molecule has 2 unspecified atom stereocenters. The number of rotatable bonds is 0. The highest BCUT2D eigenvalue weighted by Crippen LogP contribution is 2.45. The van der Waals surface area contributed by atoms with Crippen LogP contribution in [0.1, 0.15) is 40.5 Å². The first-order chi connectivity index (χ1) is 6.41. The minimum Gasteiger partial charge on any atom is -0.375 e. The molecule has 2 nitrogen and oxygen atoms in total. The topological polar surface area (TPSA) is 21.3 Å². The summed E-state index contributed by atoms with van der Waals surface area (Å²) in [6, 6.07) is 0. The second-order valence-corrected chi connectivity index (χ2v) is 6.82. The van der Waals surface area contributed by atoms with Crippen molar-refractivity contribution in [2.75, 3.05) is 5.75 Å². The molecule has 2 atom stereocenters. The monoisotopic (exact) mass is 215 g/mol. The highest BCUT2D eigenvalue weighted by molar-refractivity contribution is 8.01. The highest BCUT2D eigenvalue weighted by atomic mass is 32.2. The van der Waals surface area contributed by atoms with Crippen molar-refractivity contribution in [2.45, 2.75) is 63.2 Å². The van der Waals surface area contributed by atoms with E-state index in [1.807, 2.05) is 0 Å². The van der Waals surface area contributed by atoms with Gasteiger partial charge in [0.15, 0.2) is 0 Å². The summed E-state index contributed by atoms with van der Waals surface area (Å²) in [5, 5.41) is 3.79. The first-order valence-corrected chi connectivity index (χ1v) is 6.48. The molecule has 0 aliphatic carbocycles. The zero-order chi connectivity index (χ0) is 10.4. The summed E-state index contributed by atoms with van der Waals surface area (Å²) in [7, 11) is 0. The van der Waals surface area contributed by atoms with Gasteiger partial charge in [-0.2, -0.15) is 0 Å². The number of hydrogen-bond acceptors (Lipinski definition) is 3. The molecule has 0 radical (unpaired) electrons. The van der Waals surface area contributed by atoms with Gasteiger partial charge in [-0.05, 0) is 27.7 Å². The van der Waals surface area contributed by atoms with Gasteiger partial charge in [0.05, 0.1) is 17.1 Å². The Hall–Kier alpha value is 0.270. The first-order valence-electron chi connectivity index (χ1n) is 5.50. The van der Waals surface area contributed by atoms with Gasteiger partial charge in [0.25, 0.3) is 0 Å². The molecule has 2 rings (SSSR count). The summed E-state index contributed by atoms with van der Waals surface area (Å²) in [5.74, 6) is 1.21. The maximum absolute atomic E-state index is 5.79. The Kier molecular flexibility index (Phi) is 2.61. The molecule has 14 heavy (non-hydrogen) atoms. The lowest BCUT2D eigenvalue weighted by Gasteiger charge is -2.41. The van der Waals surface area contributed by atoms with Crippen LogP contribution in [0, 0.1) is 0 Å². The minimum absolute atomic E-state index is 0.292. The summed E-state index contributed by atoms with van der Waals surface area (Å²) in [5.41, 5.74) is 0.293. The van der Waals surface area contributed by atoms with E-state index < -0.39 is 0 Å². The van der Waals surface area contributed by atoms with Crippen LogP contribution < -0.4 is 5.32 Å². The highest BCUT2D eigenvalue weighted by Gasteiger charge is 2.47. The molecular weight excluding hydrogens is 194 g/mol. The molecule has 0 aromatic carbocycles.